The lowest BCUT2D eigenvalue weighted by atomic mass is 10.2. The summed E-state index contributed by atoms with van der Waals surface area (Å²) in [6, 6.07) is 5.44. The molecule has 1 aliphatic rings. The number of benzene rings is 1. The van der Waals surface area contributed by atoms with E-state index in [0.29, 0.717) is 5.75 Å². The predicted octanol–water partition coefficient (Wildman–Crippen LogP) is 1.36. The van der Waals surface area contributed by atoms with Crippen molar-refractivity contribution in [2.75, 3.05) is 25.2 Å². The van der Waals surface area contributed by atoms with Gasteiger partial charge in [-0.2, -0.15) is 0 Å². The molecule has 1 aromatic carbocycles. The maximum atomic E-state index is 9.70. The second kappa shape index (κ2) is 4.61. The van der Waals surface area contributed by atoms with Crippen molar-refractivity contribution in [3.63, 3.8) is 0 Å². The fourth-order valence-electron chi connectivity index (χ4n) is 2.29. The number of anilines is 1. The first-order valence-electron chi connectivity index (χ1n) is 5.51. The highest BCUT2D eigenvalue weighted by molar-refractivity contribution is 5.65. The molecule has 0 aliphatic carbocycles. The van der Waals surface area contributed by atoms with Gasteiger partial charge in [0.05, 0.1) is 25.4 Å². The Hall–Kier alpha value is -1.42. The fourth-order valence-corrected chi connectivity index (χ4v) is 2.29. The van der Waals surface area contributed by atoms with Crippen LogP contribution >= 0.6 is 0 Å². The van der Waals surface area contributed by atoms with E-state index in [1.54, 1.807) is 19.2 Å². The Balaban J connectivity index is 2.35. The summed E-state index contributed by atoms with van der Waals surface area (Å²) in [6.45, 7) is 1.03. The highest BCUT2D eigenvalue weighted by atomic mass is 16.5. The Morgan fingerprint density at radius 3 is 3.00 bits per heavy atom. The number of ether oxygens (including phenoxy) is 1. The quantitative estimate of drug-likeness (QED) is 0.812. The molecule has 0 amide bonds. The molecule has 4 heteroatoms. The van der Waals surface area contributed by atoms with Crippen LogP contribution in [0.1, 0.15) is 12.8 Å². The Kier molecular flexibility index (Phi) is 3.19. The van der Waals surface area contributed by atoms with E-state index in [4.69, 9.17) is 4.74 Å². The van der Waals surface area contributed by atoms with E-state index in [1.807, 2.05) is 6.07 Å². The zero-order valence-electron chi connectivity index (χ0n) is 9.39. The van der Waals surface area contributed by atoms with Crippen molar-refractivity contribution >= 4 is 5.69 Å². The van der Waals surface area contributed by atoms with Crippen LogP contribution in [0.25, 0.3) is 0 Å². The van der Waals surface area contributed by atoms with Crippen LogP contribution in [0.15, 0.2) is 18.2 Å². The highest BCUT2D eigenvalue weighted by Gasteiger charge is 2.26. The first kappa shape index (κ1) is 11.1. The van der Waals surface area contributed by atoms with Gasteiger partial charge in [-0.1, -0.05) is 6.07 Å². The van der Waals surface area contributed by atoms with E-state index in [1.165, 1.54) is 0 Å². The van der Waals surface area contributed by atoms with Gasteiger partial charge in [0.1, 0.15) is 0 Å². The highest BCUT2D eigenvalue weighted by Crippen LogP contribution is 2.39. The average Bonchev–Trinajstić information content (AvgIpc) is 2.76. The van der Waals surface area contributed by atoms with E-state index in [-0.39, 0.29) is 18.4 Å². The van der Waals surface area contributed by atoms with Crippen LogP contribution in [0.3, 0.4) is 0 Å². The summed E-state index contributed by atoms with van der Waals surface area (Å²) in [4.78, 5) is 2.10. The third-order valence-corrected chi connectivity index (χ3v) is 3.07. The van der Waals surface area contributed by atoms with Crippen molar-refractivity contribution in [2.24, 2.45) is 0 Å². The molecule has 2 N–H and O–H groups in total. The molecule has 1 heterocycles. The molecule has 0 bridgehead atoms. The number of hydrogen-bond donors (Lipinski definition) is 2. The third kappa shape index (κ3) is 1.80. The summed E-state index contributed by atoms with van der Waals surface area (Å²) < 4.78 is 5.21. The molecule has 1 unspecified atom stereocenters. The van der Waals surface area contributed by atoms with Crippen LogP contribution in [-0.2, 0) is 0 Å². The molecular formula is C12H17NO3. The van der Waals surface area contributed by atoms with E-state index >= 15 is 0 Å². The maximum Gasteiger partial charge on any atom is 0.183 e. The number of rotatable bonds is 3. The molecule has 0 aromatic heterocycles. The van der Waals surface area contributed by atoms with E-state index < -0.39 is 0 Å². The van der Waals surface area contributed by atoms with Crippen molar-refractivity contribution < 1.29 is 14.9 Å². The number of phenolic OH excluding ortho intramolecular Hbond substituents is 1. The summed E-state index contributed by atoms with van der Waals surface area (Å²) in [6.07, 6.45) is 2.04. The number of nitrogens with zero attached hydrogens (tertiary/aromatic N) is 1. The van der Waals surface area contributed by atoms with Crippen molar-refractivity contribution in [1.29, 1.82) is 0 Å². The smallest absolute Gasteiger partial charge is 0.183 e. The third-order valence-electron chi connectivity index (χ3n) is 3.07. The zero-order valence-corrected chi connectivity index (χ0v) is 9.39. The summed E-state index contributed by atoms with van der Waals surface area (Å²) >= 11 is 0. The Bertz CT molecular complexity index is 367. The average molecular weight is 223 g/mol. The second-order valence-corrected chi connectivity index (χ2v) is 4.00. The number of aromatic hydroxyl groups is 1. The normalized spacial score (nSPS) is 20.1. The van der Waals surface area contributed by atoms with Gasteiger partial charge in [0, 0.05) is 6.54 Å². The molecular weight excluding hydrogens is 206 g/mol. The first-order valence-corrected chi connectivity index (χ1v) is 5.51. The van der Waals surface area contributed by atoms with E-state index in [2.05, 4.69) is 4.90 Å². The number of para-hydroxylation sites is 1. The van der Waals surface area contributed by atoms with Crippen LogP contribution in [0, 0.1) is 0 Å². The van der Waals surface area contributed by atoms with Gasteiger partial charge in [-0.05, 0) is 25.0 Å². The van der Waals surface area contributed by atoms with E-state index in [9.17, 15) is 10.2 Å². The molecule has 88 valence electrons. The molecule has 16 heavy (non-hydrogen) atoms. The number of hydrogen-bond acceptors (Lipinski definition) is 4. The Morgan fingerprint density at radius 2 is 2.31 bits per heavy atom. The standard InChI is InChI=1S/C12H17NO3/c1-16-12-10(5-2-6-11(12)15)13-7-3-4-9(13)8-14/h2,5-6,9,14-15H,3-4,7-8H2,1H3. The Labute approximate surface area is 95.1 Å². The van der Waals surface area contributed by atoms with Crippen LogP contribution in [-0.4, -0.2) is 36.5 Å². The largest absolute Gasteiger partial charge is 0.504 e. The van der Waals surface area contributed by atoms with Gasteiger partial charge in [0.2, 0.25) is 0 Å². The number of phenols is 1. The monoisotopic (exact) mass is 223 g/mol. The van der Waals surface area contributed by atoms with Crippen molar-refractivity contribution in [3.8, 4) is 11.5 Å². The lowest BCUT2D eigenvalue weighted by molar-refractivity contribution is 0.265. The SMILES string of the molecule is COc1c(O)cccc1N1CCCC1CO. The van der Waals surface area contributed by atoms with Crippen molar-refractivity contribution in [2.45, 2.75) is 18.9 Å². The summed E-state index contributed by atoms with van der Waals surface area (Å²) in [5, 5.41) is 19.0. The summed E-state index contributed by atoms with van der Waals surface area (Å²) in [5.41, 5.74) is 0.860. The molecule has 1 fully saturated rings. The predicted molar refractivity (Wildman–Crippen MR) is 62.1 cm³/mol. The molecule has 0 spiro atoms. The maximum absolute atomic E-state index is 9.70. The van der Waals surface area contributed by atoms with Gasteiger partial charge in [0.25, 0.3) is 0 Å². The van der Waals surface area contributed by atoms with Crippen LogP contribution in [0.5, 0.6) is 11.5 Å². The van der Waals surface area contributed by atoms with Gasteiger partial charge in [-0.25, -0.2) is 0 Å². The molecule has 2 rings (SSSR count). The summed E-state index contributed by atoms with van der Waals surface area (Å²) in [7, 11) is 1.54. The van der Waals surface area contributed by atoms with Crippen molar-refractivity contribution in [1.82, 2.24) is 0 Å². The molecule has 1 aliphatic heterocycles. The first-order chi connectivity index (χ1) is 7.77. The van der Waals surface area contributed by atoms with Gasteiger partial charge >= 0.3 is 0 Å². The molecule has 1 aromatic rings. The molecule has 0 radical (unpaired) electrons. The minimum Gasteiger partial charge on any atom is -0.504 e. The van der Waals surface area contributed by atoms with Crippen LogP contribution in [0.2, 0.25) is 0 Å². The van der Waals surface area contributed by atoms with Crippen LogP contribution in [0.4, 0.5) is 5.69 Å². The number of aliphatic hydroxyl groups is 1. The minimum atomic E-state index is 0.135. The molecule has 4 nitrogen and oxygen atoms in total. The lowest BCUT2D eigenvalue weighted by Gasteiger charge is -2.27. The molecule has 1 atom stereocenters. The molecule has 1 saturated heterocycles. The van der Waals surface area contributed by atoms with Gasteiger partial charge in [-0.3, -0.25) is 0 Å². The van der Waals surface area contributed by atoms with Crippen molar-refractivity contribution in [3.05, 3.63) is 18.2 Å². The lowest BCUT2D eigenvalue weighted by Crippen LogP contribution is -2.32. The minimum absolute atomic E-state index is 0.135. The second-order valence-electron chi connectivity index (χ2n) is 4.00. The van der Waals surface area contributed by atoms with Gasteiger partial charge in [0.15, 0.2) is 11.5 Å². The van der Waals surface area contributed by atoms with E-state index in [0.717, 1.165) is 25.1 Å². The molecule has 0 saturated carbocycles. The summed E-state index contributed by atoms with van der Waals surface area (Å²) in [5.74, 6) is 0.631. The number of methoxy groups -OCH3 is 1. The topological polar surface area (TPSA) is 52.9 Å². The Morgan fingerprint density at radius 1 is 1.50 bits per heavy atom. The fraction of sp³-hybridized carbons (Fsp3) is 0.500. The number of aliphatic hydroxyl groups excluding tert-OH is 1. The van der Waals surface area contributed by atoms with Gasteiger partial charge < -0.3 is 19.8 Å². The zero-order chi connectivity index (χ0) is 11.5. The van der Waals surface area contributed by atoms with Gasteiger partial charge in [-0.15, -0.1) is 0 Å². The van der Waals surface area contributed by atoms with Crippen LogP contribution < -0.4 is 9.64 Å².